The summed E-state index contributed by atoms with van der Waals surface area (Å²) >= 11 is 0. The molecule has 1 amide bonds. The first kappa shape index (κ1) is 15.0. The van der Waals surface area contributed by atoms with Gasteiger partial charge in [-0.2, -0.15) is 10.1 Å². The topological polar surface area (TPSA) is 41.9 Å². The molecule has 0 spiro atoms. The molecule has 0 aromatic heterocycles. The summed E-state index contributed by atoms with van der Waals surface area (Å²) in [5.41, 5.74) is 3.00. The summed E-state index contributed by atoms with van der Waals surface area (Å²) in [5, 5.41) is 5.82. The van der Waals surface area contributed by atoms with Crippen molar-refractivity contribution in [3.8, 4) is 5.75 Å². The van der Waals surface area contributed by atoms with Gasteiger partial charge in [-0.25, -0.2) is 0 Å². The normalized spacial score (nSPS) is 15.9. The predicted molar refractivity (Wildman–Crippen MR) is 92.6 cm³/mol. The molecule has 23 heavy (non-hydrogen) atoms. The SMILES string of the molecule is CCOc1cccc(/C=C2/C(=O)N(c3ccccc3)N=C2C)c1. The maximum Gasteiger partial charge on any atom is 0.280 e. The van der Waals surface area contributed by atoms with Crippen molar-refractivity contribution in [1.82, 2.24) is 0 Å². The minimum absolute atomic E-state index is 0.115. The van der Waals surface area contributed by atoms with E-state index in [1.54, 1.807) is 0 Å². The molecule has 0 atom stereocenters. The maximum absolute atomic E-state index is 12.6. The van der Waals surface area contributed by atoms with Gasteiger partial charge in [-0.3, -0.25) is 4.79 Å². The highest BCUT2D eigenvalue weighted by Crippen LogP contribution is 2.25. The highest BCUT2D eigenvalue weighted by molar-refractivity contribution is 6.32. The number of para-hydroxylation sites is 1. The number of amides is 1. The lowest BCUT2D eigenvalue weighted by atomic mass is 10.1. The summed E-state index contributed by atoms with van der Waals surface area (Å²) < 4.78 is 5.50. The van der Waals surface area contributed by atoms with Gasteiger partial charge >= 0.3 is 0 Å². The van der Waals surface area contributed by atoms with Crippen molar-refractivity contribution in [2.75, 3.05) is 11.6 Å². The van der Waals surface area contributed by atoms with Crippen LogP contribution in [0.4, 0.5) is 5.69 Å². The highest BCUT2D eigenvalue weighted by atomic mass is 16.5. The summed E-state index contributed by atoms with van der Waals surface area (Å²) in [6.07, 6.45) is 1.85. The van der Waals surface area contributed by atoms with Gasteiger partial charge in [0.25, 0.3) is 5.91 Å². The lowest BCUT2D eigenvalue weighted by Gasteiger charge is -2.11. The van der Waals surface area contributed by atoms with Crippen molar-refractivity contribution >= 4 is 23.4 Å². The first-order valence-electron chi connectivity index (χ1n) is 7.58. The number of hydrogen-bond acceptors (Lipinski definition) is 3. The average Bonchev–Trinajstić information content (AvgIpc) is 2.85. The second kappa shape index (κ2) is 6.48. The van der Waals surface area contributed by atoms with Crippen LogP contribution in [0.15, 0.2) is 65.3 Å². The van der Waals surface area contributed by atoms with Gasteiger partial charge in [0.1, 0.15) is 5.75 Å². The number of ether oxygens (including phenoxy) is 1. The van der Waals surface area contributed by atoms with E-state index in [1.807, 2.05) is 74.5 Å². The fraction of sp³-hybridized carbons (Fsp3) is 0.158. The van der Waals surface area contributed by atoms with Gasteiger partial charge in [0.05, 0.1) is 23.6 Å². The third kappa shape index (κ3) is 3.16. The van der Waals surface area contributed by atoms with Crippen molar-refractivity contribution in [2.24, 2.45) is 5.10 Å². The zero-order valence-electron chi connectivity index (χ0n) is 13.2. The molecule has 1 aliphatic heterocycles. The van der Waals surface area contributed by atoms with Crippen LogP contribution in [0.25, 0.3) is 6.08 Å². The number of carbonyl (C=O) groups is 1. The quantitative estimate of drug-likeness (QED) is 0.804. The van der Waals surface area contributed by atoms with E-state index < -0.39 is 0 Å². The van der Waals surface area contributed by atoms with Crippen LogP contribution < -0.4 is 9.75 Å². The first-order chi connectivity index (χ1) is 11.2. The van der Waals surface area contributed by atoms with E-state index in [4.69, 9.17) is 4.74 Å². The van der Waals surface area contributed by atoms with E-state index in [2.05, 4.69) is 5.10 Å². The van der Waals surface area contributed by atoms with E-state index in [0.717, 1.165) is 17.0 Å². The third-order valence-electron chi connectivity index (χ3n) is 3.54. The highest BCUT2D eigenvalue weighted by Gasteiger charge is 2.28. The van der Waals surface area contributed by atoms with Crippen LogP contribution in [0.2, 0.25) is 0 Å². The van der Waals surface area contributed by atoms with E-state index in [9.17, 15) is 4.79 Å². The molecule has 0 bridgehead atoms. The summed E-state index contributed by atoms with van der Waals surface area (Å²) in [6.45, 7) is 4.40. The summed E-state index contributed by atoms with van der Waals surface area (Å²) in [7, 11) is 0. The number of rotatable bonds is 4. The average molecular weight is 306 g/mol. The van der Waals surface area contributed by atoms with Gasteiger partial charge < -0.3 is 4.74 Å². The Morgan fingerprint density at radius 1 is 1.13 bits per heavy atom. The second-order valence-electron chi connectivity index (χ2n) is 5.20. The largest absolute Gasteiger partial charge is 0.494 e. The Hall–Kier alpha value is -2.88. The van der Waals surface area contributed by atoms with Crippen LogP contribution in [0.1, 0.15) is 19.4 Å². The molecule has 0 unspecified atom stereocenters. The van der Waals surface area contributed by atoms with Crippen LogP contribution in [0.5, 0.6) is 5.75 Å². The Morgan fingerprint density at radius 2 is 1.91 bits per heavy atom. The molecule has 0 saturated heterocycles. The number of carbonyl (C=O) groups excluding carboxylic acids is 1. The molecule has 1 aliphatic rings. The van der Waals surface area contributed by atoms with E-state index in [0.29, 0.717) is 17.9 Å². The molecule has 0 fully saturated rings. The van der Waals surface area contributed by atoms with Gasteiger partial charge in [0, 0.05) is 0 Å². The molecule has 2 aromatic carbocycles. The molecule has 4 nitrogen and oxygen atoms in total. The molecule has 3 rings (SSSR count). The summed E-state index contributed by atoms with van der Waals surface area (Å²) in [6, 6.07) is 17.1. The third-order valence-corrected chi connectivity index (χ3v) is 3.54. The van der Waals surface area contributed by atoms with Crippen molar-refractivity contribution in [1.29, 1.82) is 0 Å². The number of benzene rings is 2. The molecule has 116 valence electrons. The lowest BCUT2D eigenvalue weighted by molar-refractivity contribution is -0.114. The van der Waals surface area contributed by atoms with Crippen LogP contribution >= 0.6 is 0 Å². The van der Waals surface area contributed by atoms with Gasteiger partial charge in [0.2, 0.25) is 0 Å². The number of anilines is 1. The molecule has 4 heteroatoms. The molecule has 0 N–H and O–H groups in total. The van der Waals surface area contributed by atoms with E-state index in [-0.39, 0.29) is 5.91 Å². The molecule has 1 heterocycles. The number of hydrogen-bond donors (Lipinski definition) is 0. The fourth-order valence-electron chi connectivity index (χ4n) is 2.46. The van der Waals surface area contributed by atoms with Gasteiger partial charge in [-0.05, 0) is 49.8 Å². The molecule has 0 saturated carbocycles. The Labute approximate surface area is 135 Å². The minimum Gasteiger partial charge on any atom is -0.494 e. The Morgan fingerprint density at radius 3 is 2.65 bits per heavy atom. The summed E-state index contributed by atoms with van der Waals surface area (Å²) in [4.78, 5) is 12.6. The van der Waals surface area contributed by atoms with Gasteiger partial charge in [-0.1, -0.05) is 30.3 Å². The van der Waals surface area contributed by atoms with Crippen LogP contribution in [0, 0.1) is 0 Å². The molecular weight excluding hydrogens is 288 g/mol. The van der Waals surface area contributed by atoms with Gasteiger partial charge in [0.15, 0.2) is 0 Å². The monoisotopic (exact) mass is 306 g/mol. The summed E-state index contributed by atoms with van der Waals surface area (Å²) in [5.74, 6) is 0.678. The van der Waals surface area contributed by atoms with Gasteiger partial charge in [-0.15, -0.1) is 0 Å². The van der Waals surface area contributed by atoms with Crippen LogP contribution in [-0.4, -0.2) is 18.2 Å². The van der Waals surface area contributed by atoms with Crippen LogP contribution in [0.3, 0.4) is 0 Å². The second-order valence-corrected chi connectivity index (χ2v) is 5.20. The zero-order valence-corrected chi connectivity index (χ0v) is 13.2. The van der Waals surface area contributed by atoms with Crippen molar-refractivity contribution < 1.29 is 9.53 Å². The Balaban J connectivity index is 1.91. The molecule has 0 radical (unpaired) electrons. The molecule has 2 aromatic rings. The zero-order chi connectivity index (χ0) is 16.2. The molecular formula is C19H18N2O2. The smallest absolute Gasteiger partial charge is 0.280 e. The van der Waals surface area contributed by atoms with Crippen LogP contribution in [-0.2, 0) is 4.79 Å². The fourth-order valence-corrected chi connectivity index (χ4v) is 2.46. The number of nitrogens with zero attached hydrogens (tertiary/aromatic N) is 2. The van der Waals surface area contributed by atoms with E-state index >= 15 is 0 Å². The Kier molecular flexibility index (Phi) is 4.24. The molecule has 0 aliphatic carbocycles. The number of hydrazone groups is 1. The standard InChI is InChI=1S/C19H18N2O2/c1-3-23-17-11-7-8-15(12-17)13-18-14(2)20-21(19(18)22)16-9-5-4-6-10-16/h4-13H,3H2,1-2H3/b18-13+. The van der Waals surface area contributed by atoms with Crippen molar-refractivity contribution in [3.63, 3.8) is 0 Å². The Bertz CT molecular complexity index is 779. The lowest BCUT2D eigenvalue weighted by Crippen LogP contribution is -2.21. The van der Waals surface area contributed by atoms with E-state index in [1.165, 1.54) is 5.01 Å². The predicted octanol–water partition coefficient (Wildman–Crippen LogP) is 3.89. The van der Waals surface area contributed by atoms with Crippen molar-refractivity contribution in [2.45, 2.75) is 13.8 Å². The van der Waals surface area contributed by atoms with Crippen molar-refractivity contribution in [3.05, 3.63) is 65.7 Å². The maximum atomic E-state index is 12.6. The first-order valence-corrected chi connectivity index (χ1v) is 7.58. The minimum atomic E-state index is -0.115.